The summed E-state index contributed by atoms with van der Waals surface area (Å²) in [6, 6.07) is 12.1. The Morgan fingerprint density at radius 1 is 1.05 bits per heavy atom. The average molecular weight is 309 g/mol. The first-order valence-electron chi connectivity index (χ1n) is 6.45. The van der Waals surface area contributed by atoms with Crippen molar-refractivity contribution in [2.24, 2.45) is 0 Å². The second kappa shape index (κ2) is 6.80. The minimum atomic E-state index is -3.61. The molecule has 0 aliphatic rings. The molecule has 2 aromatic carbocycles. The van der Waals surface area contributed by atoms with E-state index in [2.05, 4.69) is 4.72 Å². The molecule has 112 valence electrons. The minimum Gasteiger partial charge on any atom is -0.392 e. The molecule has 0 aliphatic carbocycles. The minimum absolute atomic E-state index is 0.119. The number of aliphatic hydroxyl groups is 1. The summed E-state index contributed by atoms with van der Waals surface area (Å²) in [5.74, 6) is -0.319. The Morgan fingerprint density at radius 3 is 2.43 bits per heavy atom. The molecule has 0 amide bonds. The lowest BCUT2D eigenvalue weighted by molar-refractivity contribution is 0.281. The summed E-state index contributed by atoms with van der Waals surface area (Å²) in [6.07, 6.45) is 0.471. The Hall–Kier alpha value is -1.76. The Bertz CT molecular complexity index is 699. The van der Waals surface area contributed by atoms with Crippen molar-refractivity contribution in [1.29, 1.82) is 0 Å². The van der Waals surface area contributed by atoms with E-state index in [0.29, 0.717) is 12.0 Å². The van der Waals surface area contributed by atoms with Crippen LogP contribution in [0.2, 0.25) is 0 Å². The third-order valence-corrected chi connectivity index (χ3v) is 4.47. The van der Waals surface area contributed by atoms with Crippen LogP contribution in [0.4, 0.5) is 4.39 Å². The zero-order chi connectivity index (χ0) is 15.3. The van der Waals surface area contributed by atoms with E-state index in [1.54, 1.807) is 24.3 Å². The molecular formula is C15H16FNO3S. The molecule has 0 radical (unpaired) electrons. The van der Waals surface area contributed by atoms with Gasteiger partial charge < -0.3 is 5.11 Å². The van der Waals surface area contributed by atoms with Crippen molar-refractivity contribution in [2.75, 3.05) is 6.54 Å². The summed E-state index contributed by atoms with van der Waals surface area (Å²) in [4.78, 5) is 0.119. The smallest absolute Gasteiger partial charge is 0.240 e. The van der Waals surface area contributed by atoms with Gasteiger partial charge in [-0.2, -0.15) is 0 Å². The van der Waals surface area contributed by atoms with E-state index in [9.17, 15) is 12.8 Å². The molecule has 21 heavy (non-hydrogen) atoms. The first-order valence-corrected chi connectivity index (χ1v) is 7.93. The summed E-state index contributed by atoms with van der Waals surface area (Å²) in [5, 5.41) is 9.03. The fraction of sp³-hybridized carbons (Fsp3) is 0.200. The molecular weight excluding hydrogens is 293 g/mol. The fourth-order valence-corrected chi connectivity index (χ4v) is 2.98. The lowest BCUT2D eigenvalue weighted by Crippen LogP contribution is -2.26. The van der Waals surface area contributed by atoms with Crippen LogP contribution >= 0.6 is 0 Å². The van der Waals surface area contributed by atoms with Gasteiger partial charge in [-0.15, -0.1) is 0 Å². The van der Waals surface area contributed by atoms with E-state index in [4.69, 9.17) is 5.11 Å². The van der Waals surface area contributed by atoms with Gasteiger partial charge in [0.1, 0.15) is 5.82 Å². The summed E-state index contributed by atoms with van der Waals surface area (Å²) in [5.41, 5.74) is 1.39. The third kappa shape index (κ3) is 4.35. The number of nitrogens with one attached hydrogen (secondary N) is 1. The van der Waals surface area contributed by atoms with Crippen LogP contribution < -0.4 is 4.72 Å². The highest BCUT2D eigenvalue weighted by Gasteiger charge is 2.13. The van der Waals surface area contributed by atoms with Gasteiger partial charge in [-0.25, -0.2) is 17.5 Å². The molecule has 0 saturated carbocycles. The van der Waals surface area contributed by atoms with E-state index in [1.807, 2.05) is 0 Å². The van der Waals surface area contributed by atoms with E-state index in [1.165, 1.54) is 24.3 Å². The van der Waals surface area contributed by atoms with Gasteiger partial charge in [0.15, 0.2) is 0 Å². The van der Waals surface area contributed by atoms with E-state index in [0.717, 1.165) is 5.56 Å². The van der Waals surface area contributed by atoms with Crippen LogP contribution in [0.15, 0.2) is 53.4 Å². The maximum absolute atomic E-state index is 12.8. The van der Waals surface area contributed by atoms with Gasteiger partial charge in [-0.05, 0) is 41.8 Å². The zero-order valence-electron chi connectivity index (χ0n) is 11.3. The Kier molecular flexibility index (Phi) is 5.06. The average Bonchev–Trinajstić information content (AvgIpc) is 2.49. The SMILES string of the molecule is O=S(=O)(NCCc1ccc(F)cc1)c1cccc(CO)c1. The lowest BCUT2D eigenvalue weighted by atomic mass is 10.1. The highest BCUT2D eigenvalue weighted by atomic mass is 32.2. The quantitative estimate of drug-likeness (QED) is 0.855. The molecule has 0 unspecified atom stereocenters. The number of halogens is 1. The van der Waals surface area contributed by atoms with Crippen LogP contribution in [0, 0.1) is 5.82 Å². The van der Waals surface area contributed by atoms with Gasteiger partial charge in [0, 0.05) is 6.54 Å². The second-order valence-corrected chi connectivity index (χ2v) is 6.35. The number of rotatable bonds is 6. The molecule has 0 saturated heterocycles. The van der Waals surface area contributed by atoms with Crippen molar-refractivity contribution < 1.29 is 17.9 Å². The Balaban J connectivity index is 1.99. The second-order valence-electron chi connectivity index (χ2n) is 4.58. The van der Waals surface area contributed by atoms with E-state index in [-0.39, 0.29) is 23.9 Å². The van der Waals surface area contributed by atoms with Crippen LogP contribution in [0.25, 0.3) is 0 Å². The summed E-state index contributed by atoms with van der Waals surface area (Å²) in [7, 11) is -3.61. The maximum atomic E-state index is 12.8. The third-order valence-electron chi connectivity index (χ3n) is 3.01. The number of hydrogen-bond acceptors (Lipinski definition) is 3. The molecule has 2 rings (SSSR count). The van der Waals surface area contributed by atoms with E-state index < -0.39 is 10.0 Å². The number of benzene rings is 2. The first kappa shape index (κ1) is 15.6. The van der Waals surface area contributed by atoms with Crippen molar-refractivity contribution in [3.05, 3.63) is 65.5 Å². The van der Waals surface area contributed by atoms with Crippen LogP contribution in [0.5, 0.6) is 0 Å². The van der Waals surface area contributed by atoms with Crippen molar-refractivity contribution in [3.63, 3.8) is 0 Å². The normalized spacial score (nSPS) is 11.5. The van der Waals surface area contributed by atoms with Gasteiger partial charge >= 0.3 is 0 Å². The van der Waals surface area contributed by atoms with Gasteiger partial charge in [-0.3, -0.25) is 0 Å². The number of hydrogen-bond donors (Lipinski definition) is 2. The highest BCUT2D eigenvalue weighted by Crippen LogP contribution is 2.11. The van der Waals surface area contributed by atoms with Crippen molar-refractivity contribution in [2.45, 2.75) is 17.9 Å². The van der Waals surface area contributed by atoms with Gasteiger partial charge in [0.25, 0.3) is 0 Å². The molecule has 0 aromatic heterocycles. The lowest BCUT2D eigenvalue weighted by Gasteiger charge is -2.08. The molecule has 6 heteroatoms. The Morgan fingerprint density at radius 2 is 1.76 bits per heavy atom. The summed E-state index contributed by atoms with van der Waals surface area (Å²) in [6.45, 7) is 0.0102. The fourth-order valence-electron chi connectivity index (χ4n) is 1.88. The maximum Gasteiger partial charge on any atom is 0.240 e. The summed E-state index contributed by atoms with van der Waals surface area (Å²) >= 11 is 0. The molecule has 4 nitrogen and oxygen atoms in total. The molecule has 0 aliphatic heterocycles. The van der Waals surface area contributed by atoms with Gasteiger partial charge in [-0.1, -0.05) is 24.3 Å². The standard InChI is InChI=1S/C15H16FNO3S/c16-14-6-4-12(5-7-14)8-9-17-21(19,20)15-3-1-2-13(10-15)11-18/h1-7,10,17-18H,8-9,11H2. The molecule has 0 bridgehead atoms. The first-order chi connectivity index (χ1) is 10.0. The molecule has 0 spiro atoms. The monoisotopic (exact) mass is 309 g/mol. The summed E-state index contributed by atoms with van der Waals surface area (Å²) < 4.78 is 39.4. The molecule has 0 atom stereocenters. The van der Waals surface area contributed by atoms with E-state index >= 15 is 0 Å². The van der Waals surface area contributed by atoms with Gasteiger partial charge in [0.2, 0.25) is 10.0 Å². The highest BCUT2D eigenvalue weighted by molar-refractivity contribution is 7.89. The van der Waals surface area contributed by atoms with Crippen LogP contribution in [-0.2, 0) is 23.1 Å². The van der Waals surface area contributed by atoms with Crippen LogP contribution in [0.3, 0.4) is 0 Å². The van der Waals surface area contributed by atoms with Crippen LogP contribution in [0.1, 0.15) is 11.1 Å². The predicted molar refractivity (Wildman–Crippen MR) is 77.7 cm³/mol. The topological polar surface area (TPSA) is 66.4 Å². The van der Waals surface area contributed by atoms with Crippen molar-refractivity contribution in [1.82, 2.24) is 4.72 Å². The molecule has 0 heterocycles. The number of sulfonamides is 1. The molecule has 2 N–H and O–H groups in total. The Labute approximate surface area is 123 Å². The molecule has 0 fully saturated rings. The van der Waals surface area contributed by atoms with Crippen molar-refractivity contribution >= 4 is 10.0 Å². The van der Waals surface area contributed by atoms with Crippen molar-refractivity contribution in [3.8, 4) is 0 Å². The largest absolute Gasteiger partial charge is 0.392 e. The predicted octanol–water partition coefficient (Wildman–Crippen LogP) is 1.84. The van der Waals surface area contributed by atoms with Crippen LogP contribution in [-0.4, -0.2) is 20.1 Å². The number of aliphatic hydroxyl groups excluding tert-OH is 1. The molecule has 2 aromatic rings. The zero-order valence-corrected chi connectivity index (χ0v) is 12.1. The van der Waals surface area contributed by atoms with Gasteiger partial charge in [0.05, 0.1) is 11.5 Å².